The minimum Gasteiger partial charge on any atom is -0.489 e. The molecule has 3 heterocycles. The molecule has 1 atom stereocenters. The summed E-state index contributed by atoms with van der Waals surface area (Å²) in [6.07, 6.45) is 6.62. The van der Waals surface area contributed by atoms with Gasteiger partial charge in [-0.15, -0.1) is 0 Å². The lowest BCUT2D eigenvalue weighted by Gasteiger charge is -2.24. The average Bonchev–Trinajstić information content (AvgIpc) is 3.20. The van der Waals surface area contributed by atoms with Crippen LogP contribution in [0.1, 0.15) is 21.5 Å². The predicted molar refractivity (Wildman–Crippen MR) is 126 cm³/mol. The minimum atomic E-state index is -0.279. The number of hydrogen-bond acceptors (Lipinski definition) is 4. The van der Waals surface area contributed by atoms with E-state index in [1.165, 1.54) is 17.7 Å². The Bertz CT molecular complexity index is 1270. The lowest BCUT2D eigenvalue weighted by Crippen LogP contribution is -2.36. The Morgan fingerprint density at radius 1 is 1.12 bits per heavy atom. The number of ether oxygens (including phenoxy) is 2. The first-order valence-corrected chi connectivity index (χ1v) is 11.4. The first-order valence-electron chi connectivity index (χ1n) is 11.4. The fraction of sp³-hybridized carbons (Fsp3) is 0.259. The fourth-order valence-electron chi connectivity index (χ4n) is 4.26. The van der Waals surface area contributed by atoms with Crippen molar-refractivity contribution in [2.45, 2.75) is 13.0 Å². The van der Waals surface area contributed by atoms with Crippen LogP contribution in [0.4, 0.5) is 4.39 Å². The quantitative estimate of drug-likeness (QED) is 0.429. The summed E-state index contributed by atoms with van der Waals surface area (Å²) in [7, 11) is 0. The number of rotatable bonds is 6. The largest absolute Gasteiger partial charge is 0.489 e. The van der Waals surface area contributed by atoms with Gasteiger partial charge >= 0.3 is 0 Å². The van der Waals surface area contributed by atoms with Crippen molar-refractivity contribution in [1.82, 2.24) is 14.3 Å². The fourth-order valence-corrected chi connectivity index (χ4v) is 4.26. The van der Waals surface area contributed by atoms with Gasteiger partial charge in [0.2, 0.25) is 0 Å². The number of imidazole rings is 1. The van der Waals surface area contributed by atoms with Crippen molar-refractivity contribution in [3.63, 3.8) is 0 Å². The predicted octanol–water partition coefficient (Wildman–Crippen LogP) is 4.38. The summed E-state index contributed by atoms with van der Waals surface area (Å²) < 4.78 is 26.8. The molecule has 4 aromatic rings. The molecule has 0 saturated carbocycles. The topological polar surface area (TPSA) is 56.1 Å². The molecule has 174 valence electrons. The molecule has 0 radical (unpaired) electrons. The van der Waals surface area contributed by atoms with Crippen LogP contribution in [-0.4, -0.2) is 46.5 Å². The number of amides is 1. The molecule has 6 nitrogen and oxygen atoms in total. The molecule has 0 spiro atoms. The highest BCUT2D eigenvalue weighted by atomic mass is 19.1. The molecule has 1 saturated heterocycles. The smallest absolute Gasteiger partial charge is 0.254 e. The number of hydrogen-bond donors (Lipinski definition) is 0. The Morgan fingerprint density at radius 3 is 2.85 bits per heavy atom. The van der Waals surface area contributed by atoms with Gasteiger partial charge in [0.15, 0.2) is 0 Å². The van der Waals surface area contributed by atoms with Crippen LogP contribution in [0.25, 0.3) is 5.65 Å². The summed E-state index contributed by atoms with van der Waals surface area (Å²) >= 11 is 0. The summed E-state index contributed by atoms with van der Waals surface area (Å²) in [6.45, 7) is 2.62. The van der Waals surface area contributed by atoms with Crippen molar-refractivity contribution in [2.24, 2.45) is 5.92 Å². The first kappa shape index (κ1) is 22.1. The first-order chi connectivity index (χ1) is 16.6. The molecule has 0 bridgehead atoms. The monoisotopic (exact) mass is 459 g/mol. The Kier molecular flexibility index (Phi) is 6.53. The highest BCUT2D eigenvalue weighted by Crippen LogP contribution is 2.20. The molecule has 0 N–H and O–H groups in total. The minimum absolute atomic E-state index is 0.0345. The van der Waals surface area contributed by atoms with E-state index in [1.54, 1.807) is 30.5 Å². The molecule has 1 amide bonds. The Hall–Kier alpha value is -3.71. The number of halogens is 1. The summed E-state index contributed by atoms with van der Waals surface area (Å²) in [5.41, 5.74) is 3.54. The second-order valence-electron chi connectivity index (χ2n) is 8.57. The molecule has 1 aliphatic rings. The van der Waals surface area contributed by atoms with E-state index >= 15 is 0 Å². The zero-order chi connectivity index (χ0) is 23.3. The summed E-state index contributed by atoms with van der Waals surface area (Å²) in [6, 6.07) is 17.5. The van der Waals surface area contributed by atoms with Crippen LogP contribution in [0.5, 0.6) is 5.75 Å². The van der Waals surface area contributed by atoms with Gasteiger partial charge in [-0.2, -0.15) is 0 Å². The number of aromatic nitrogens is 2. The van der Waals surface area contributed by atoms with Crippen molar-refractivity contribution in [3.8, 4) is 5.75 Å². The molecule has 1 unspecified atom stereocenters. The van der Waals surface area contributed by atoms with Gasteiger partial charge in [-0.3, -0.25) is 4.79 Å². The van der Waals surface area contributed by atoms with Crippen LogP contribution >= 0.6 is 0 Å². The van der Waals surface area contributed by atoms with Crippen LogP contribution in [0.15, 0.2) is 79.3 Å². The molecule has 0 aliphatic carbocycles. The highest BCUT2D eigenvalue weighted by molar-refractivity contribution is 5.94. The van der Waals surface area contributed by atoms with E-state index in [4.69, 9.17) is 9.47 Å². The third-order valence-corrected chi connectivity index (χ3v) is 6.00. The van der Waals surface area contributed by atoms with Gasteiger partial charge in [-0.1, -0.05) is 24.3 Å². The summed E-state index contributed by atoms with van der Waals surface area (Å²) in [5, 5.41) is 0. The summed E-state index contributed by atoms with van der Waals surface area (Å²) in [4.78, 5) is 19.5. The summed E-state index contributed by atoms with van der Waals surface area (Å²) in [5.74, 6) is 0.489. The van der Waals surface area contributed by atoms with Crippen LogP contribution in [-0.2, 0) is 17.8 Å². The third-order valence-electron chi connectivity index (χ3n) is 6.00. The number of carbonyl (C=O) groups excluding carboxylic acids is 1. The van der Waals surface area contributed by atoms with Gasteiger partial charge in [0.25, 0.3) is 5.91 Å². The zero-order valence-electron chi connectivity index (χ0n) is 18.8. The molecular formula is C27H26FN3O3. The van der Waals surface area contributed by atoms with Crippen LogP contribution in [0.3, 0.4) is 0 Å². The van der Waals surface area contributed by atoms with E-state index < -0.39 is 0 Å². The lowest BCUT2D eigenvalue weighted by molar-refractivity contribution is 0.0737. The van der Waals surface area contributed by atoms with Gasteiger partial charge in [-0.05, 0) is 53.9 Å². The Labute approximate surface area is 197 Å². The second kappa shape index (κ2) is 10.1. The number of nitrogens with zero attached hydrogens (tertiary/aromatic N) is 3. The normalized spacial score (nSPS) is 16.4. The van der Waals surface area contributed by atoms with Gasteiger partial charge in [0.1, 0.15) is 23.8 Å². The molecule has 2 aromatic carbocycles. The Balaban J connectivity index is 1.24. The second-order valence-corrected chi connectivity index (χ2v) is 8.57. The number of pyridine rings is 1. The lowest BCUT2D eigenvalue weighted by atomic mass is 10.0. The SMILES string of the molecule is O=C(c1cccc(OCc2ccc(F)cc2)c1)N1CCOCC(Cc2ccc3nccn3c2)C1. The molecule has 1 fully saturated rings. The average molecular weight is 460 g/mol. The number of benzene rings is 2. The Morgan fingerprint density at radius 2 is 1.97 bits per heavy atom. The molecule has 34 heavy (non-hydrogen) atoms. The van der Waals surface area contributed by atoms with Crippen molar-refractivity contribution in [2.75, 3.05) is 26.3 Å². The van der Waals surface area contributed by atoms with E-state index in [0.717, 1.165) is 17.6 Å². The van der Waals surface area contributed by atoms with Crippen molar-refractivity contribution >= 4 is 11.6 Å². The maximum absolute atomic E-state index is 13.3. The maximum Gasteiger partial charge on any atom is 0.254 e. The standard InChI is InChI=1S/C27H26FN3O3/c28-24-7-4-20(5-8-24)19-34-25-3-1-2-23(15-25)27(32)31-12-13-33-18-22(17-31)14-21-6-9-26-29-10-11-30(26)16-21/h1-11,15-16,22H,12-14,17-19H2. The van der Waals surface area contributed by atoms with Crippen LogP contribution in [0.2, 0.25) is 0 Å². The van der Waals surface area contributed by atoms with Crippen LogP contribution in [0, 0.1) is 11.7 Å². The van der Waals surface area contributed by atoms with E-state index in [-0.39, 0.29) is 17.6 Å². The van der Waals surface area contributed by atoms with Crippen molar-refractivity contribution in [1.29, 1.82) is 0 Å². The van der Waals surface area contributed by atoms with Gasteiger partial charge in [-0.25, -0.2) is 9.37 Å². The van der Waals surface area contributed by atoms with Crippen LogP contribution < -0.4 is 4.74 Å². The maximum atomic E-state index is 13.3. The highest BCUT2D eigenvalue weighted by Gasteiger charge is 2.24. The molecule has 7 heteroatoms. The molecule has 2 aromatic heterocycles. The van der Waals surface area contributed by atoms with E-state index in [1.807, 2.05) is 33.7 Å². The molecular weight excluding hydrogens is 433 g/mol. The van der Waals surface area contributed by atoms with E-state index in [9.17, 15) is 9.18 Å². The van der Waals surface area contributed by atoms with Gasteiger partial charge in [0, 0.05) is 43.2 Å². The van der Waals surface area contributed by atoms with E-state index in [0.29, 0.717) is 44.2 Å². The van der Waals surface area contributed by atoms with Crippen molar-refractivity contribution < 1.29 is 18.7 Å². The van der Waals surface area contributed by atoms with Gasteiger partial charge < -0.3 is 18.8 Å². The van der Waals surface area contributed by atoms with Gasteiger partial charge in [0.05, 0.1) is 13.2 Å². The zero-order valence-corrected chi connectivity index (χ0v) is 18.8. The third kappa shape index (κ3) is 5.26. The van der Waals surface area contributed by atoms with Crippen molar-refractivity contribution in [3.05, 3.63) is 102 Å². The number of fused-ring (bicyclic) bond motifs is 1. The number of carbonyl (C=O) groups is 1. The molecule has 5 rings (SSSR count). The van der Waals surface area contributed by atoms with E-state index in [2.05, 4.69) is 17.2 Å². The molecule has 1 aliphatic heterocycles.